The Morgan fingerprint density at radius 2 is 1.45 bits per heavy atom. The number of benzene rings is 2. The van der Waals surface area contributed by atoms with Crippen molar-refractivity contribution in [1.29, 1.82) is 0 Å². The van der Waals surface area contributed by atoms with Crippen LogP contribution in [0.4, 0.5) is 0 Å². The molecule has 0 aliphatic carbocycles. The summed E-state index contributed by atoms with van der Waals surface area (Å²) in [5.74, 6) is 0.946. The van der Waals surface area contributed by atoms with Crippen LogP contribution in [0.25, 0.3) is 0 Å². The minimum absolute atomic E-state index is 0.807. The molecule has 1 radical (unpaired) electrons. The topological polar surface area (TPSA) is 9.23 Å². The van der Waals surface area contributed by atoms with Gasteiger partial charge >= 0.3 is 0 Å². The molecule has 1 heteroatoms. The van der Waals surface area contributed by atoms with E-state index in [1.807, 2.05) is 24.3 Å². The first-order valence-electron chi connectivity index (χ1n) is 7.43. The van der Waals surface area contributed by atoms with E-state index >= 15 is 0 Å². The van der Waals surface area contributed by atoms with E-state index in [2.05, 4.69) is 37.3 Å². The molecule has 1 nitrogen and oxygen atoms in total. The van der Waals surface area contributed by atoms with Gasteiger partial charge < -0.3 is 4.74 Å². The van der Waals surface area contributed by atoms with Crippen LogP contribution in [-0.4, -0.2) is 6.61 Å². The fourth-order valence-electron chi connectivity index (χ4n) is 2.21. The summed E-state index contributed by atoms with van der Waals surface area (Å²) in [4.78, 5) is 0. The average Bonchev–Trinajstić information content (AvgIpc) is 2.49. The van der Waals surface area contributed by atoms with Crippen LogP contribution >= 0.6 is 0 Å². The lowest BCUT2D eigenvalue weighted by Crippen LogP contribution is -1.97. The third-order valence-electron chi connectivity index (χ3n) is 3.39. The summed E-state index contributed by atoms with van der Waals surface area (Å²) in [6.07, 6.45) is 6.09. The van der Waals surface area contributed by atoms with Gasteiger partial charge in [-0.2, -0.15) is 0 Å². The molecule has 0 aliphatic heterocycles. The van der Waals surface area contributed by atoms with Gasteiger partial charge in [0, 0.05) is 0 Å². The highest BCUT2D eigenvalue weighted by molar-refractivity contribution is 5.28. The number of unbranched alkanes of at least 4 members (excludes halogenated alkanes) is 3. The molecule has 0 heterocycles. The van der Waals surface area contributed by atoms with Crippen molar-refractivity contribution in [3.05, 3.63) is 72.6 Å². The summed E-state index contributed by atoms with van der Waals surface area (Å²) in [6, 6.07) is 18.6. The molecule has 0 unspecified atom stereocenters. The predicted molar refractivity (Wildman–Crippen MR) is 85.0 cm³/mol. The molecule has 0 spiro atoms. The van der Waals surface area contributed by atoms with Gasteiger partial charge in [-0.25, -0.2) is 0 Å². The zero-order valence-electron chi connectivity index (χ0n) is 12.1. The second-order valence-electron chi connectivity index (χ2n) is 5.14. The van der Waals surface area contributed by atoms with Crippen molar-refractivity contribution in [3.63, 3.8) is 0 Å². The number of hydrogen-bond acceptors (Lipinski definition) is 1. The summed E-state index contributed by atoms with van der Waals surface area (Å²) >= 11 is 0. The fourth-order valence-corrected chi connectivity index (χ4v) is 2.21. The van der Waals surface area contributed by atoms with Crippen LogP contribution in [0.5, 0.6) is 5.75 Å². The van der Waals surface area contributed by atoms with Crippen molar-refractivity contribution >= 4 is 0 Å². The third kappa shape index (κ3) is 5.48. The maximum atomic E-state index is 5.70. The SMILES string of the molecule is [CH2]c1ccc(OCCCCCCc2ccccc2)cc1. The largest absolute Gasteiger partial charge is 0.494 e. The van der Waals surface area contributed by atoms with Crippen LogP contribution in [0, 0.1) is 6.92 Å². The summed E-state index contributed by atoms with van der Waals surface area (Å²) < 4.78 is 5.70. The van der Waals surface area contributed by atoms with E-state index in [0.717, 1.165) is 24.3 Å². The monoisotopic (exact) mass is 267 g/mol. The molecule has 0 atom stereocenters. The molecule has 2 aromatic rings. The lowest BCUT2D eigenvalue weighted by atomic mass is 10.1. The highest BCUT2D eigenvalue weighted by Gasteiger charge is 1.95. The third-order valence-corrected chi connectivity index (χ3v) is 3.39. The van der Waals surface area contributed by atoms with E-state index in [-0.39, 0.29) is 0 Å². The number of hydrogen-bond donors (Lipinski definition) is 0. The first-order chi connectivity index (χ1) is 9.84. The second kappa shape index (κ2) is 8.42. The molecular formula is C19H23O. The summed E-state index contributed by atoms with van der Waals surface area (Å²) in [7, 11) is 0. The first kappa shape index (κ1) is 14.6. The standard InChI is InChI=1S/C19H23O/c1-17-12-14-19(15-13-17)20-16-8-3-2-5-9-18-10-6-4-7-11-18/h4,6-7,10-15H,1-3,5,8-9,16H2. The number of aryl methyl sites for hydroxylation is 1. The molecule has 0 amide bonds. The molecule has 2 rings (SSSR count). The molecule has 0 aromatic heterocycles. The zero-order chi connectivity index (χ0) is 14.0. The van der Waals surface area contributed by atoms with Crippen molar-refractivity contribution in [2.24, 2.45) is 0 Å². The van der Waals surface area contributed by atoms with Crippen molar-refractivity contribution in [3.8, 4) is 5.75 Å². The number of ether oxygens (including phenoxy) is 1. The highest BCUT2D eigenvalue weighted by atomic mass is 16.5. The normalized spacial score (nSPS) is 10.4. The minimum Gasteiger partial charge on any atom is -0.494 e. The van der Waals surface area contributed by atoms with E-state index in [0.29, 0.717) is 0 Å². The van der Waals surface area contributed by atoms with E-state index < -0.39 is 0 Å². The van der Waals surface area contributed by atoms with Crippen LogP contribution in [-0.2, 0) is 6.42 Å². The van der Waals surface area contributed by atoms with Gasteiger partial charge in [-0.1, -0.05) is 55.3 Å². The van der Waals surface area contributed by atoms with Crippen molar-refractivity contribution < 1.29 is 4.74 Å². The lowest BCUT2D eigenvalue weighted by molar-refractivity contribution is 0.304. The van der Waals surface area contributed by atoms with E-state index in [9.17, 15) is 0 Å². The van der Waals surface area contributed by atoms with Crippen LogP contribution in [0.3, 0.4) is 0 Å². The second-order valence-corrected chi connectivity index (χ2v) is 5.14. The average molecular weight is 267 g/mol. The maximum Gasteiger partial charge on any atom is 0.119 e. The van der Waals surface area contributed by atoms with Crippen LogP contribution in [0.15, 0.2) is 54.6 Å². The first-order valence-corrected chi connectivity index (χ1v) is 7.43. The molecule has 0 saturated carbocycles. The van der Waals surface area contributed by atoms with E-state index in [1.165, 1.54) is 31.2 Å². The Morgan fingerprint density at radius 3 is 2.20 bits per heavy atom. The maximum absolute atomic E-state index is 5.70. The van der Waals surface area contributed by atoms with E-state index in [1.54, 1.807) is 0 Å². The molecule has 20 heavy (non-hydrogen) atoms. The van der Waals surface area contributed by atoms with Crippen molar-refractivity contribution in [2.45, 2.75) is 32.1 Å². The molecule has 0 fully saturated rings. The number of rotatable bonds is 8. The van der Waals surface area contributed by atoms with Crippen LogP contribution < -0.4 is 4.74 Å². The zero-order valence-corrected chi connectivity index (χ0v) is 12.1. The van der Waals surface area contributed by atoms with Gasteiger partial charge in [0.25, 0.3) is 0 Å². The Kier molecular flexibility index (Phi) is 6.16. The van der Waals surface area contributed by atoms with E-state index in [4.69, 9.17) is 4.74 Å². The lowest BCUT2D eigenvalue weighted by Gasteiger charge is -2.06. The Balaban J connectivity index is 1.51. The molecular weight excluding hydrogens is 244 g/mol. The van der Waals surface area contributed by atoms with Gasteiger partial charge in [0.05, 0.1) is 6.61 Å². The van der Waals surface area contributed by atoms with Gasteiger partial charge in [0.1, 0.15) is 5.75 Å². The summed E-state index contributed by atoms with van der Waals surface area (Å²) in [5, 5.41) is 0. The van der Waals surface area contributed by atoms with Gasteiger partial charge in [-0.05, 0) is 49.4 Å². The van der Waals surface area contributed by atoms with Crippen molar-refractivity contribution in [2.75, 3.05) is 6.61 Å². The Labute approximate surface area is 122 Å². The molecule has 2 aromatic carbocycles. The summed E-state index contributed by atoms with van der Waals surface area (Å²) in [6.45, 7) is 4.67. The minimum atomic E-state index is 0.807. The smallest absolute Gasteiger partial charge is 0.119 e. The Hall–Kier alpha value is -1.76. The Bertz CT molecular complexity index is 473. The highest BCUT2D eigenvalue weighted by Crippen LogP contribution is 2.12. The van der Waals surface area contributed by atoms with Gasteiger partial charge in [0.2, 0.25) is 0 Å². The van der Waals surface area contributed by atoms with Crippen LogP contribution in [0.2, 0.25) is 0 Å². The van der Waals surface area contributed by atoms with Gasteiger partial charge in [0.15, 0.2) is 0 Å². The molecule has 0 aliphatic rings. The summed E-state index contributed by atoms with van der Waals surface area (Å²) in [5.41, 5.74) is 2.47. The molecule has 0 bridgehead atoms. The fraction of sp³-hybridized carbons (Fsp3) is 0.316. The van der Waals surface area contributed by atoms with Gasteiger partial charge in [-0.3, -0.25) is 0 Å². The molecule has 105 valence electrons. The van der Waals surface area contributed by atoms with Crippen molar-refractivity contribution in [1.82, 2.24) is 0 Å². The molecule has 0 N–H and O–H groups in total. The molecule has 0 saturated heterocycles. The predicted octanol–water partition coefficient (Wildman–Crippen LogP) is 5.05. The quantitative estimate of drug-likeness (QED) is 0.608. The van der Waals surface area contributed by atoms with Gasteiger partial charge in [-0.15, -0.1) is 0 Å². The van der Waals surface area contributed by atoms with Crippen LogP contribution in [0.1, 0.15) is 36.8 Å². The Morgan fingerprint density at radius 1 is 0.750 bits per heavy atom.